The molecule has 3 rings (SSSR count). The zero-order chi connectivity index (χ0) is 28.7. The van der Waals surface area contributed by atoms with Crippen LogP contribution < -0.4 is 9.62 Å². The predicted octanol–water partition coefficient (Wildman–Crippen LogP) is 5.83. The summed E-state index contributed by atoms with van der Waals surface area (Å²) in [5, 5.41) is 3.79. The number of hydrogen-bond donors (Lipinski definition) is 1. The normalized spacial score (nSPS) is 12.2. The van der Waals surface area contributed by atoms with E-state index in [0.29, 0.717) is 22.0 Å². The maximum absolute atomic E-state index is 14.0. The molecule has 0 saturated heterocycles. The Kier molecular flexibility index (Phi) is 10.4. The number of halogens is 2. The Labute approximate surface area is 240 Å². The van der Waals surface area contributed by atoms with Gasteiger partial charge in [0.25, 0.3) is 10.0 Å². The number of hydrogen-bond acceptors (Lipinski definition) is 4. The fraction of sp³-hybridized carbons (Fsp3) is 0.310. The first-order valence-electron chi connectivity index (χ1n) is 12.6. The predicted molar refractivity (Wildman–Crippen MR) is 157 cm³/mol. The zero-order valence-corrected chi connectivity index (χ0v) is 24.7. The van der Waals surface area contributed by atoms with Crippen LogP contribution in [0.5, 0.6) is 0 Å². The van der Waals surface area contributed by atoms with Crippen molar-refractivity contribution >= 4 is 50.7 Å². The van der Waals surface area contributed by atoms with Gasteiger partial charge in [0.15, 0.2) is 0 Å². The highest BCUT2D eigenvalue weighted by Gasteiger charge is 2.34. The Hall–Kier alpha value is -3.07. The van der Waals surface area contributed by atoms with Crippen LogP contribution in [-0.4, -0.2) is 43.8 Å². The number of rotatable bonds is 11. The van der Waals surface area contributed by atoms with Crippen molar-refractivity contribution in [3.63, 3.8) is 0 Å². The minimum Gasteiger partial charge on any atom is -0.352 e. The molecular formula is C29H33Cl2N3O4S. The van der Waals surface area contributed by atoms with E-state index in [1.54, 1.807) is 67.6 Å². The molecule has 39 heavy (non-hydrogen) atoms. The lowest BCUT2D eigenvalue weighted by Gasteiger charge is -2.34. The molecule has 0 bridgehead atoms. The molecule has 7 nitrogen and oxygen atoms in total. The molecule has 0 spiro atoms. The van der Waals surface area contributed by atoms with E-state index in [-0.39, 0.29) is 29.1 Å². The summed E-state index contributed by atoms with van der Waals surface area (Å²) in [7, 11) is -4.16. The van der Waals surface area contributed by atoms with Crippen LogP contribution >= 0.6 is 23.2 Å². The topological polar surface area (TPSA) is 86.8 Å². The van der Waals surface area contributed by atoms with E-state index in [0.717, 1.165) is 9.87 Å². The van der Waals surface area contributed by atoms with Crippen LogP contribution in [0, 0.1) is 6.92 Å². The van der Waals surface area contributed by atoms with Gasteiger partial charge < -0.3 is 10.2 Å². The highest BCUT2D eigenvalue weighted by Crippen LogP contribution is 2.31. The highest BCUT2D eigenvalue weighted by molar-refractivity contribution is 7.92. The molecule has 0 unspecified atom stereocenters. The largest absolute Gasteiger partial charge is 0.352 e. The summed E-state index contributed by atoms with van der Waals surface area (Å²) in [6, 6.07) is 18.8. The number of nitrogens with zero attached hydrogens (tertiary/aromatic N) is 2. The van der Waals surface area contributed by atoms with Gasteiger partial charge in [-0.1, -0.05) is 66.5 Å². The molecule has 0 aliphatic heterocycles. The maximum atomic E-state index is 14.0. The van der Waals surface area contributed by atoms with Crippen molar-refractivity contribution < 1.29 is 18.0 Å². The number of carbonyl (C=O) groups excluding carboxylic acids is 2. The molecule has 3 aromatic carbocycles. The molecule has 0 radical (unpaired) electrons. The van der Waals surface area contributed by atoms with Crippen molar-refractivity contribution in [3.8, 4) is 0 Å². The van der Waals surface area contributed by atoms with E-state index < -0.39 is 28.5 Å². The van der Waals surface area contributed by atoms with Gasteiger partial charge in [0.05, 0.1) is 10.6 Å². The second kappa shape index (κ2) is 13.3. The van der Waals surface area contributed by atoms with Crippen LogP contribution in [0.15, 0.2) is 77.7 Å². The van der Waals surface area contributed by atoms with E-state index in [4.69, 9.17) is 23.2 Å². The fourth-order valence-electron chi connectivity index (χ4n) is 4.19. The van der Waals surface area contributed by atoms with Crippen molar-refractivity contribution in [2.24, 2.45) is 0 Å². The zero-order valence-electron chi connectivity index (χ0n) is 22.4. The molecular weight excluding hydrogens is 557 g/mol. The van der Waals surface area contributed by atoms with Crippen LogP contribution in [-0.2, 0) is 26.2 Å². The van der Waals surface area contributed by atoms with Crippen molar-refractivity contribution in [3.05, 3.63) is 94.0 Å². The summed E-state index contributed by atoms with van der Waals surface area (Å²) in [5.74, 6) is -0.846. The minimum atomic E-state index is -4.16. The van der Waals surface area contributed by atoms with Gasteiger partial charge in [-0.2, -0.15) is 0 Å². The van der Waals surface area contributed by atoms with Crippen LogP contribution in [0.2, 0.25) is 10.0 Å². The van der Waals surface area contributed by atoms with Gasteiger partial charge in [-0.05, 0) is 74.7 Å². The second-order valence-electron chi connectivity index (χ2n) is 9.44. The maximum Gasteiger partial charge on any atom is 0.264 e. The summed E-state index contributed by atoms with van der Waals surface area (Å²) in [6.07, 6.45) is 0.333. The van der Waals surface area contributed by atoms with E-state index >= 15 is 0 Å². The third-order valence-electron chi connectivity index (χ3n) is 6.20. The van der Waals surface area contributed by atoms with Gasteiger partial charge in [-0.15, -0.1) is 0 Å². The van der Waals surface area contributed by atoms with Gasteiger partial charge in [0.2, 0.25) is 11.8 Å². The van der Waals surface area contributed by atoms with E-state index in [1.807, 2.05) is 20.8 Å². The summed E-state index contributed by atoms with van der Waals surface area (Å²) in [4.78, 5) is 28.7. The molecule has 0 aliphatic rings. The van der Waals surface area contributed by atoms with Gasteiger partial charge >= 0.3 is 0 Å². The lowest BCUT2D eigenvalue weighted by molar-refractivity contribution is -0.140. The molecule has 1 atom stereocenters. The van der Waals surface area contributed by atoms with Gasteiger partial charge in [0.1, 0.15) is 12.6 Å². The highest BCUT2D eigenvalue weighted by atomic mass is 35.5. The van der Waals surface area contributed by atoms with Crippen LogP contribution in [0.4, 0.5) is 5.69 Å². The van der Waals surface area contributed by atoms with Crippen molar-refractivity contribution in [2.75, 3.05) is 10.8 Å². The van der Waals surface area contributed by atoms with Crippen molar-refractivity contribution in [2.45, 2.75) is 57.6 Å². The number of nitrogens with one attached hydrogen (secondary N) is 1. The average Bonchev–Trinajstić information content (AvgIpc) is 2.90. The first-order chi connectivity index (χ1) is 18.4. The second-order valence-corrected chi connectivity index (χ2v) is 12.2. The van der Waals surface area contributed by atoms with Crippen LogP contribution in [0.25, 0.3) is 0 Å². The molecule has 0 fully saturated rings. The molecule has 3 aromatic rings. The summed E-state index contributed by atoms with van der Waals surface area (Å²) in [6.45, 7) is 6.75. The Morgan fingerprint density at radius 1 is 0.923 bits per heavy atom. The van der Waals surface area contributed by atoms with Crippen LogP contribution in [0.1, 0.15) is 38.3 Å². The molecule has 10 heteroatoms. The van der Waals surface area contributed by atoms with Gasteiger partial charge in [-0.3, -0.25) is 13.9 Å². The Morgan fingerprint density at radius 2 is 1.56 bits per heavy atom. The standard InChI is InChI=1S/C29H33Cl2N3O4S/c1-5-26(29(36)32-20(2)3)33(18-22-14-16-23(30)17-15-22)28(35)19-34(27-13-9-12-25(31)21(27)4)39(37,38)24-10-7-6-8-11-24/h6-17,20,26H,5,18-19H2,1-4H3,(H,32,36)/t26-/m0/s1. The van der Waals surface area contributed by atoms with E-state index in [1.165, 1.54) is 17.0 Å². The van der Waals surface area contributed by atoms with Crippen LogP contribution in [0.3, 0.4) is 0 Å². The molecule has 0 aliphatic carbocycles. The lowest BCUT2D eigenvalue weighted by Crippen LogP contribution is -2.53. The Balaban J connectivity index is 2.09. The first-order valence-corrected chi connectivity index (χ1v) is 14.8. The molecule has 208 valence electrons. The summed E-state index contributed by atoms with van der Waals surface area (Å²) < 4.78 is 28.8. The first kappa shape index (κ1) is 30.5. The fourth-order valence-corrected chi connectivity index (χ4v) is 5.97. The Bertz CT molecular complexity index is 1400. The molecule has 0 heterocycles. The molecule has 2 amide bonds. The number of sulfonamides is 1. The van der Waals surface area contributed by atoms with Gasteiger partial charge in [0, 0.05) is 22.6 Å². The lowest BCUT2D eigenvalue weighted by atomic mass is 10.1. The minimum absolute atomic E-state index is 0.0334. The van der Waals surface area contributed by atoms with E-state index in [2.05, 4.69) is 5.32 Å². The van der Waals surface area contributed by atoms with Gasteiger partial charge in [-0.25, -0.2) is 8.42 Å². The number of carbonyl (C=O) groups is 2. The van der Waals surface area contributed by atoms with Crippen molar-refractivity contribution in [1.82, 2.24) is 10.2 Å². The quantitative estimate of drug-likeness (QED) is 0.305. The third kappa shape index (κ3) is 7.53. The molecule has 0 aromatic heterocycles. The smallest absolute Gasteiger partial charge is 0.264 e. The number of anilines is 1. The number of benzene rings is 3. The van der Waals surface area contributed by atoms with Crippen molar-refractivity contribution in [1.29, 1.82) is 0 Å². The summed E-state index contributed by atoms with van der Waals surface area (Å²) >= 11 is 12.4. The SMILES string of the molecule is CC[C@@H](C(=O)NC(C)C)N(Cc1ccc(Cl)cc1)C(=O)CN(c1cccc(Cl)c1C)S(=O)(=O)c1ccccc1. The molecule has 1 N–H and O–H groups in total. The third-order valence-corrected chi connectivity index (χ3v) is 8.64. The monoisotopic (exact) mass is 589 g/mol. The van der Waals surface area contributed by atoms with E-state index in [9.17, 15) is 18.0 Å². The number of amides is 2. The molecule has 0 saturated carbocycles. The Morgan fingerprint density at radius 3 is 2.15 bits per heavy atom. The summed E-state index contributed by atoms with van der Waals surface area (Å²) in [5.41, 5.74) is 1.55. The average molecular weight is 591 g/mol.